The molecule has 1 aliphatic carbocycles. The second-order valence-corrected chi connectivity index (χ2v) is 1.88. The minimum absolute atomic E-state index is 0.913. The maximum Gasteiger partial charge on any atom is 0.0199 e. The second-order valence-electron chi connectivity index (χ2n) is 1.88. The molecule has 0 amide bonds. The van der Waals surface area contributed by atoms with Crippen LogP contribution in [0.4, 0.5) is 0 Å². The molecular formula is C8H8. The fourth-order valence-electron chi connectivity index (χ4n) is 0.622. The topological polar surface area (TPSA) is 0 Å². The van der Waals surface area contributed by atoms with Gasteiger partial charge in [-0.15, -0.1) is 0 Å². The fourth-order valence-corrected chi connectivity index (χ4v) is 0.622. The molecule has 8 heavy (non-hydrogen) atoms. The summed E-state index contributed by atoms with van der Waals surface area (Å²) in [5, 5.41) is 0. The highest BCUT2D eigenvalue weighted by Gasteiger charge is 1.98. The van der Waals surface area contributed by atoms with Crippen molar-refractivity contribution < 1.29 is 0 Å². The average Bonchev–Trinajstić information content (AvgIpc) is 1.77. The van der Waals surface area contributed by atoms with E-state index in [1.807, 2.05) is 0 Å². The third-order valence-electron chi connectivity index (χ3n) is 1.22. The fraction of sp³-hybridized carbons (Fsp3) is 0.250. The Hall–Kier alpha value is -0.960. The Labute approximate surface area is 49.9 Å². The first-order valence-electron chi connectivity index (χ1n) is 2.66. The van der Waals surface area contributed by atoms with Crippen LogP contribution in [0.3, 0.4) is 0 Å². The van der Waals surface area contributed by atoms with Crippen molar-refractivity contribution in [3.05, 3.63) is 24.3 Å². The Morgan fingerprint density at radius 2 is 2.12 bits per heavy atom. The summed E-state index contributed by atoms with van der Waals surface area (Å²) in [6.07, 6.45) is 1.96. The molecule has 0 N–H and O–H groups in total. The first kappa shape index (κ1) is 5.18. The highest BCUT2D eigenvalue weighted by atomic mass is 14.0. The summed E-state index contributed by atoms with van der Waals surface area (Å²) >= 11 is 0. The van der Waals surface area contributed by atoms with Crippen LogP contribution in [0.5, 0.6) is 0 Å². The molecule has 0 aliphatic heterocycles. The Morgan fingerprint density at radius 3 is 2.50 bits per heavy atom. The van der Waals surface area contributed by atoms with Gasteiger partial charge in [0.15, 0.2) is 0 Å². The third kappa shape index (κ3) is 0.816. The summed E-state index contributed by atoms with van der Waals surface area (Å²) in [7, 11) is 0. The highest BCUT2D eigenvalue weighted by Crippen LogP contribution is 2.13. The minimum Gasteiger partial charge on any atom is -0.0976 e. The smallest absolute Gasteiger partial charge is 0.0199 e. The van der Waals surface area contributed by atoms with E-state index in [-0.39, 0.29) is 0 Å². The van der Waals surface area contributed by atoms with Crippen LogP contribution in [-0.4, -0.2) is 0 Å². The first-order chi connectivity index (χ1) is 3.80. The predicted molar refractivity (Wildman–Crippen MR) is 35.3 cm³/mol. The first-order valence-corrected chi connectivity index (χ1v) is 2.66. The van der Waals surface area contributed by atoms with Gasteiger partial charge in [-0.25, -0.2) is 0 Å². The van der Waals surface area contributed by atoms with E-state index in [0.717, 1.165) is 24.0 Å². The van der Waals surface area contributed by atoms with E-state index in [9.17, 15) is 0 Å². The average molecular weight is 104 g/mol. The molecule has 0 aromatic rings. The minimum atomic E-state index is 0.913. The molecule has 0 bridgehead atoms. The lowest BCUT2D eigenvalue weighted by Gasteiger charge is -2.03. The van der Waals surface area contributed by atoms with Crippen LogP contribution in [0, 0.1) is 11.8 Å². The maximum atomic E-state index is 3.79. The molecule has 0 nitrogen and oxygen atoms in total. The van der Waals surface area contributed by atoms with Crippen LogP contribution in [0.15, 0.2) is 24.3 Å². The summed E-state index contributed by atoms with van der Waals surface area (Å²) in [4.78, 5) is 0. The molecule has 0 fully saturated rings. The molecule has 0 radical (unpaired) electrons. The Balaban J connectivity index is 2.84. The molecule has 0 heteroatoms. The third-order valence-corrected chi connectivity index (χ3v) is 1.22. The molecule has 0 aromatic heterocycles. The van der Waals surface area contributed by atoms with Crippen molar-refractivity contribution in [2.45, 2.75) is 12.8 Å². The second kappa shape index (κ2) is 1.88. The summed E-state index contributed by atoms with van der Waals surface area (Å²) in [5.74, 6) is 5.84. The molecule has 0 unspecified atom stereocenters. The lowest BCUT2D eigenvalue weighted by molar-refractivity contribution is 1.01. The van der Waals surface area contributed by atoms with Crippen LogP contribution in [0.2, 0.25) is 0 Å². The Kier molecular flexibility index (Phi) is 1.22. The molecule has 0 atom stereocenters. The molecule has 0 saturated carbocycles. The van der Waals surface area contributed by atoms with Crippen LogP contribution in [-0.2, 0) is 0 Å². The van der Waals surface area contributed by atoms with Crippen molar-refractivity contribution in [3.63, 3.8) is 0 Å². The van der Waals surface area contributed by atoms with E-state index in [0.29, 0.717) is 0 Å². The van der Waals surface area contributed by atoms with Crippen molar-refractivity contribution in [2.24, 2.45) is 0 Å². The van der Waals surface area contributed by atoms with E-state index in [1.54, 1.807) is 0 Å². The lowest BCUT2D eigenvalue weighted by atomic mass is 10.0. The van der Waals surface area contributed by atoms with E-state index < -0.39 is 0 Å². The van der Waals surface area contributed by atoms with E-state index in [2.05, 4.69) is 25.0 Å². The molecule has 40 valence electrons. The summed E-state index contributed by atoms with van der Waals surface area (Å²) in [6, 6.07) is 0. The largest absolute Gasteiger partial charge is 0.0976 e. The normalized spacial score (nSPS) is 17.5. The molecular weight excluding hydrogens is 96.1 g/mol. The summed E-state index contributed by atoms with van der Waals surface area (Å²) in [5.41, 5.74) is 2.01. The van der Waals surface area contributed by atoms with Crippen molar-refractivity contribution in [2.75, 3.05) is 0 Å². The Morgan fingerprint density at radius 1 is 1.38 bits per heavy atom. The Bertz CT molecular complexity index is 186. The molecule has 1 rings (SSSR count). The highest BCUT2D eigenvalue weighted by molar-refractivity contribution is 5.44. The lowest BCUT2D eigenvalue weighted by Crippen LogP contribution is -1.88. The van der Waals surface area contributed by atoms with E-state index >= 15 is 0 Å². The predicted octanol–water partition coefficient (Wildman–Crippen LogP) is 1.90. The quantitative estimate of drug-likeness (QED) is 0.412. The van der Waals surface area contributed by atoms with Crippen LogP contribution >= 0.6 is 0 Å². The molecule has 0 aromatic carbocycles. The van der Waals surface area contributed by atoms with Gasteiger partial charge in [0.1, 0.15) is 0 Å². The van der Waals surface area contributed by atoms with Gasteiger partial charge in [-0.2, -0.15) is 0 Å². The van der Waals surface area contributed by atoms with Crippen molar-refractivity contribution in [1.82, 2.24) is 0 Å². The van der Waals surface area contributed by atoms with Gasteiger partial charge in [0.25, 0.3) is 0 Å². The zero-order valence-electron chi connectivity index (χ0n) is 4.83. The molecule has 0 spiro atoms. The van der Waals surface area contributed by atoms with Crippen molar-refractivity contribution in [3.8, 4) is 11.8 Å². The van der Waals surface area contributed by atoms with Gasteiger partial charge in [-0.05, 0) is 12.0 Å². The number of rotatable bonds is 0. The standard InChI is InChI=1S/C8H8/c1-7-5-3-4-6-8(7)2/h1-3,5H2. The van der Waals surface area contributed by atoms with Crippen LogP contribution < -0.4 is 0 Å². The monoisotopic (exact) mass is 104 g/mol. The van der Waals surface area contributed by atoms with Gasteiger partial charge < -0.3 is 0 Å². The van der Waals surface area contributed by atoms with Crippen molar-refractivity contribution in [1.29, 1.82) is 0 Å². The van der Waals surface area contributed by atoms with Gasteiger partial charge in [-0.1, -0.05) is 25.0 Å². The van der Waals surface area contributed by atoms with Crippen molar-refractivity contribution >= 4 is 0 Å². The molecule has 0 heterocycles. The van der Waals surface area contributed by atoms with Crippen LogP contribution in [0.1, 0.15) is 12.8 Å². The molecule has 1 aliphatic rings. The zero-order chi connectivity index (χ0) is 5.98. The van der Waals surface area contributed by atoms with E-state index in [1.165, 1.54) is 0 Å². The zero-order valence-corrected chi connectivity index (χ0v) is 4.83. The van der Waals surface area contributed by atoms with Gasteiger partial charge >= 0.3 is 0 Å². The van der Waals surface area contributed by atoms with Gasteiger partial charge in [0.2, 0.25) is 0 Å². The van der Waals surface area contributed by atoms with Gasteiger partial charge in [0.05, 0.1) is 0 Å². The van der Waals surface area contributed by atoms with Gasteiger partial charge in [-0.3, -0.25) is 0 Å². The van der Waals surface area contributed by atoms with E-state index in [4.69, 9.17) is 0 Å². The summed E-state index contributed by atoms with van der Waals surface area (Å²) in [6.45, 7) is 7.52. The molecule has 0 saturated heterocycles. The number of hydrogen-bond acceptors (Lipinski definition) is 0. The summed E-state index contributed by atoms with van der Waals surface area (Å²) < 4.78 is 0. The number of allylic oxidation sites excluding steroid dienone is 2. The SMILES string of the molecule is C=C1C#CCCC1=C. The number of hydrogen-bond donors (Lipinski definition) is 0. The van der Waals surface area contributed by atoms with Gasteiger partial charge in [0, 0.05) is 12.0 Å². The van der Waals surface area contributed by atoms with Crippen LogP contribution in [0.25, 0.3) is 0 Å². The maximum absolute atomic E-state index is 3.79.